The molecule has 0 aliphatic carbocycles. The first-order chi connectivity index (χ1) is 11.3. The van der Waals surface area contributed by atoms with E-state index < -0.39 is 0 Å². The molecule has 118 valence electrons. The molecule has 6 nitrogen and oxygen atoms in total. The summed E-state index contributed by atoms with van der Waals surface area (Å²) in [4.78, 5) is 15.6. The fourth-order valence-corrected chi connectivity index (χ4v) is 3.32. The minimum atomic E-state index is -0.167. The Labute approximate surface area is 137 Å². The van der Waals surface area contributed by atoms with Crippen LogP contribution >= 0.6 is 12.2 Å². The zero-order valence-corrected chi connectivity index (χ0v) is 13.3. The van der Waals surface area contributed by atoms with Gasteiger partial charge < -0.3 is 9.64 Å². The molecule has 23 heavy (non-hydrogen) atoms. The molecule has 1 fully saturated rings. The fourth-order valence-electron chi connectivity index (χ4n) is 3.00. The topological polar surface area (TPSA) is 51.8 Å². The minimum absolute atomic E-state index is 0.167. The van der Waals surface area contributed by atoms with Crippen molar-refractivity contribution in [3.63, 3.8) is 0 Å². The van der Waals surface area contributed by atoms with Crippen molar-refractivity contribution >= 4 is 33.6 Å². The lowest BCUT2D eigenvalue weighted by molar-refractivity contribution is 0.0681. The number of ether oxygens (including phenoxy) is 1. The van der Waals surface area contributed by atoms with Crippen LogP contribution < -0.4 is 5.69 Å². The highest BCUT2D eigenvalue weighted by atomic mass is 32.1. The Morgan fingerprint density at radius 2 is 1.96 bits per heavy atom. The predicted octanol–water partition coefficient (Wildman–Crippen LogP) is 1.31. The van der Waals surface area contributed by atoms with Crippen LogP contribution in [0.25, 0.3) is 16.4 Å². The number of nitrogens with zero attached hydrogens (tertiary/aromatic N) is 4. The van der Waals surface area contributed by atoms with Crippen LogP contribution in [0.3, 0.4) is 0 Å². The average Bonchev–Trinajstić information content (AvgIpc) is 3.09. The van der Waals surface area contributed by atoms with E-state index in [4.69, 9.17) is 17.0 Å². The molecule has 3 heterocycles. The van der Waals surface area contributed by atoms with Crippen molar-refractivity contribution in [1.29, 1.82) is 0 Å². The van der Waals surface area contributed by atoms with Crippen molar-refractivity contribution < 1.29 is 4.74 Å². The van der Waals surface area contributed by atoms with E-state index >= 15 is 0 Å². The lowest BCUT2D eigenvalue weighted by Crippen LogP contribution is -2.43. The summed E-state index contributed by atoms with van der Waals surface area (Å²) in [5, 5.41) is 5.15. The van der Waals surface area contributed by atoms with Crippen molar-refractivity contribution in [3.8, 4) is 0 Å². The molecule has 0 atom stereocenters. The highest BCUT2D eigenvalue weighted by molar-refractivity contribution is 7.80. The summed E-state index contributed by atoms with van der Waals surface area (Å²) in [6.07, 6.45) is 1.65. The zero-order valence-electron chi connectivity index (χ0n) is 12.5. The molecule has 4 rings (SSSR count). The molecule has 0 saturated carbocycles. The van der Waals surface area contributed by atoms with Gasteiger partial charge in [-0.05, 0) is 12.1 Å². The number of morpholine rings is 1. The van der Waals surface area contributed by atoms with E-state index in [2.05, 4.69) is 10.00 Å². The van der Waals surface area contributed by atoms with E-state index in [1.807, 2.05) is 30.3 Å². The molecule has 7 heteroatoms. The number of rotatable bonds is 2. The van der Waals surface area contributed by atoms with Crippen LogP contribution in [0.15, 0.2) is 41.3 Å². The van der Waals surface area contributed by atoms with Crippen molar-refractivity contribution in [1.82, 2.24) is 19.1 Å². The van der Waals surface area contributed by atoms with Gasteiger partial charge in [-0.15, -0.1) is 0 Å². The second kappa shape index (κ2) is 5.75. The van der Waals surface area contributed by atoms with Crippen molar-refractivity contribution in [2.75, 3.05) is 26.3 Å². The fraction of sp³-hybridized carbons (Fsp3) is 0.312. The normalized spacial score (nSPS) is 15.4. The third-order valence-electron chi connectivity index (χ3n) is 4.18. The van der Waals surface area contributed by atoms with E-state index in [9.17, 15) is 4.79 Å². The molecule has 1 aliphatic heterocycles. The summed E-state index contributed by atoms with van der Waals surface area (Å²) in [5.74, 6) is 0. The Balaban J connectivity index is 1.83. The number of hydrogen-bond acceptors (Lipinski definition) is 4. The molecular formula is C16H16N4O2S. The van der Waals surface area contributed by atoms with Crippen LogP contribution in [-0.4, -0.2) is 50.4 Å². The van der Waals surface area contributed by atoms with Gasteiger partial charge in [0.25, 0.3) is 0 Å². The number of para-hydroxylation sites is 1. The maximum atomic E-state index is 12.8. The number of benzene rings is 1. The second-order valence-corrected chi connectivity index (χ2v) is 5.98. The number of thiocarbonyl (C=S) groups is 1. The summed E-state index contributed by atoms with van der Waals surface area (Å²) >= 11 is 5.56. The molecule has 1 aromatic carbocycles. The van der Waals surface area contributed by atoms with Crippen LogP contribution in [0.1, 0.15) is 0 Å². The highest BCUT2D eigenvalue weighted by Crippen LogP contribution is 2.18. The van der Waals surface area contributed by atoms with E-state index in [1.54, 1.807) is 10.8 Å². The van der Waals surface area contributed by atoms with Gasteiger partial charge in [0.05, 0.1) is 42.0 Å². The first-order valence-corrected chi connectivity index (χ1v) is 7.97. The SMILES string of the molecule is O=c1n(CC(=S)N2CCOCC2)c2ccccc2c2ccnn12. The summed E-state index contributed by atoms with van der Waals surface area (Å²) in [6.45, 7) is 3.28. The number of fused-ring (bicyclic) bond motifs is 3. The van der Waals surface area contributed by atoms with Gasteiger partial charge >= 0.3 is 5.69 Å². The molecule has 0 bridgehead atoms. The number of hydrogen-bond donors (Lipinski definition) is 0. The highest BCUT2D eigenvalue weighted by Gasteiger charge is 2.17. The Bertz CT molecular complexity index is 940. The molecule has 2 aromatic heterocycles. The number of aromatic nitrogens is 3. The van der Waals surface area contributed by atoms with E-state index in [0.29, 0.717) is 19.8 Å². The standard InChI is InChI=1S/C16H16N4O2S/c21-16-19(11-15(23)18-7-9-22-10-8-18)13-4-2-1-3-12(13)14-5-6-17-20(14)16/h1-6H,7-11H2. The smallest absolute Gasteiger partial charge is 0.350 e. The van der Waals surface area contributed by atoms with Crippen LogP contribution in [0, 0.1) is 0 Å². The lowest BCUT2D eigenvalue weighted by Gasteiger charge is -2.29. The van der Waals surface area contributed by atoms with Crippen LogP contribution in [0.5, 0.6) is 0 Å². The van der Waals surface area contributed by atoms with E-state index in [-0.39, 0.29) is 5.69 Å². The maximum Gasteiger partial charge on any atom is 0.350 e. The quantitative estimate of drug-likeness (QED) is 0.664. The van der Waals surface area contributed by atoms with Gasteiger partial charge in [-0.25, -0.2) is 4.79 Å². The molecule has 3 aromatic rings. The molecule has 0 N–H and O–H groups in total. The largest absolute Gasteiger partial charge is 0.378 e. The van der Waals surface area contributed by atoms with Gasteiger partial charge in [0.15, 0.2) is 0 Å². The van der Waals surface area contributed by atoms with Crippen molar-refractivity contribution in [3.05, 3.63) is 47.0 Å². The first-order valence-electron chi connectivity index (χ1n) is 7.56. The molecule has 1 saturated heterocycles. The third-order valence-corrected chi connectivity index (χ3v) is 4.57. The van der Waals surface area contributed by atoms with E-state index in [0.717, 1.165) is 34.5 Å². The lowest BCUT2D eigenvalue weighted by atomic mass is 10.2. The summed E-state index contributed by atoms with van der Waals surface area (Å²) in [5.41, 5.74) is 1.53. The Morgan fingerprint density at radius 3 is 2.78 bits per heavy atom. The Hall–Kier alpha value is -2.25. The first kappa shape index (κ1) is 14.3. The van der Waals surface area contributed by atoms with Crippen LogP contribution in [0.4, 0.5) is 0 Å². The maximum absolute atomic E-state index is 12.8. The van der Waals surface area contributed by atoms with Gasteiger partial charge in [0.1, 0.15) is 0 Å². The zero-order chi connectivity index (χ0) is 15.8. The molecule has 0 radical (unpaired) electrons. The predicted molar refractivity (Wildman–Crippen MR) is 91.9 cm³/mol. The molecule has 1 aliphatic rings. The summed E-state index contributed by atoms with van der Waals surface area (Å²) < 4.78 is 8.49. The van der Waals surface area contributed by atoms with Gasteiger partial charge in [0, 0.05) is 18.5 Å². The molecular weight excluding hydrogens is 312 g/mol. The Morgan fingerprint density at radius 1 is 1.17 bits per heavy atom. The van der Waals surface area contributed by atoms with E-state index in [1.165, 1.54) is 4.52 Å². The summed E-state index contributed by atoms with van der Waals surface area (Å²) in [7, 11) is 0. The van der Waals surface area contributed by atoms with Crippen molar-refractivity contribution in [2.45, 2.75) is 6.54 Å². The molecule has 0 spiro atoms. The third kappa shape index (κ3) is 2.42. The minimum Gasteiger partial charge on any atom is -0.378 e. The monoisotopic (exact) mass is 328 g/mol. The average molecular weight is 328 g/mol. The second-order valence-electron chi connectivity index (χ2n) is 5.51. The van der Waals surface area contributed by atoms with Crippen LogP contribution in [-0.2, 0) is 11.3 Å². The molecule has 0 unspecified atom stereocenters. The Kier molecular flexibility index (Phi) is 3.59. The van der Waals surface area contributed by atoms with Gasteiger partial charge in [0.2, 0.25) is 0 Å². The van der Waals surface area contributed by atoms with Gasteiger partial charge in [-0.2, -0.15) is 9.61 Å². The molecule has 0 amide bonds. The van der Waals surface area contributed by atoms with Gasteiger partial charge in [-0.3, -0.25) is 4.57 Å². The van der Waals surface area contributed by atoms with Crippen molar-refractivity contribution in [2.24, 2.45) is 0 Å². The summed E-state index contributed by atoms with van der Waals surface area (Å²) in [6, 6.07) is 9.70. The van der Waals surface area contributed by atoms with Crippen LogP contribution in [0.2, 0.25) is 0 Å². The van der Waals surface area contributed by atoms with Gasteiger partial charge in [-0.1, -0.05) is 30.4 Å².